The van der Waals surface area contributed by atoms with Crippen molar-refractivity contribution in [1.29, 1.82) is 0 Å². The second kappa shape index (κ2) is 6.22. The molecule has 2 aliphatic rings. The number of carbonyl (C=O) groups is 2. The highest BCUT2D eigenvalue weighted by molar-refractivity contribution is 6.29. The van der Waals surface area contributed by atoms with E-state index < -0.39 is 29.3 Å². The van der Waals surface area contributed by atoms with Crippen molar-refractivity contribution in [2.24, 2.45) is 15.6 Å². The van der Waals surface area contributed by atoms with Gasteiger partial charge in [-0.25, -0.2) is 9.59 Å². The van der Waals surface area contributed by atoms with Gasteiger partial charge in [-0.2, -0.15) is 0 Å². The van der Waals surface area contributed by atoms with E-state index in [1.807, 2.05) is 60.7 Å². The van der Waals surface area contributed by atoms with Crippen LogP contribution < -0.4 is 0 Å². The highest BCUT2D eigenvalue weighted by Crippen LogP contribution is 2.49. The monoisotopic (exact) mass is 348 g/mol. The highest BCUT2D eigenvalue weighted by atomic mass is 16.7. The number of aliphatic imine (C=N–C) groups is 1. The lowest BCUT2D eigenvalue weighted by Gasteiger charge is -2.29. The van der Waals surface area contributed by atoms with Gasteiger partial charge in [0.2, 0.25) is 0 Å². The molecule has 0 bridgehead atoms. The number of benzene rings is 2. The lowest BCUT2D eigenvalue weighted by atomic mass is 9.67. The molecule has 2 aromatic carbocycles. The summed E-state index contributed by atoms with van der Waals surface area (Å²) in [6, 6.07) is 17.8. The van der Waals surface area contributed by atoms with E-state index in [4.69, 9.17) is 9.57 Å². The molecule has 3 atom stereocenters. The molecule has 0 saturated heterocycles. The zero-order chi connectivity index (χ0) is 18.1. The molecule has 130 valence electrons. The zero-order valence-electron chi connectivity index (χ0n) is 14.0. The minimum absolute atomic E-state index is 0.451. The van der Waals surface area contributed by atoms with E-state index >= 15 is 0 Å². The molecule has 0 amide bonds. The van der Waals surface area contributed by atoms with E-state index in [0.717, 1.165) is 11.1 Å². The third-order valence-corrected chi connectivity index (χ3v) is 4.84. The number of nitrogens with zero attached hydrogens (tertiary/aromatic N) is 2. The third-order valence-electron chi connectivity index (χ3n) is 4.84. The van der Waals surface area contributed by atoms with Crippen LogP contribution in [0.15, 0.2) is 70.8 Å². The van der Waals surface area contributed by atoms with Gasteiger partial charge >= 0.3 is 11.9 Å². The molecular weight excluding hydrogens is 332 g/mol. The molecule has 6 heteroatoms. The molecule has 6 nitrogen and oxygen atoms in total. The Hall–Kier alpha value is -3.28. The SMILES string of the molecule is COC(=O)[C@@H]1N=C[C@@]2(C(=O)ON=C2c2ccccc2)[C@H]1c1ccccc1. The first-order valence-corrected chi connectivity index (χ1v) is 8.21. The van der Waals surface area contributed by atoms with Crippen LogP contribution in [0.5, 0.6) is 0 Å². The summed E-state index contributed by atoms with van der Waals surface area (Å²) in [4.78, 5) is 34.6. The number of hydrogen-bond acceptors (Lipinski definition) is 6. The molecule has 0 fully saturated rings. The maximum absolute atomic E-state index is 12.8. The van der Waals surface area contributed by atoms with Gasteiger partial charge in [-0.15, -0.1) is 0 Å². The van der Waals surface area contributed by atoms with Gasteiger partial charge in [0.15, 0.2) is 11.5 Å². The fourth-order valence-electron chi connectivity index (χ4n) is 3.65. The van der Waals surface area contributed by atoms with E-state index in [1.165, 1.54) is 13.3 Å². The molecular formula is C20H16N2O4. The van der Waals surface area contributed by atoms with Crippen molar-refractivity contribution < 1.29 is 19.2 Å². The van der Waals surface area contributed by atoms with Crippen LogP contribution in [0.3, 0.4) is 0 Å². The standard InChI is InChI=1S/C20H16N2O4/c1-25-18(23)16-15(13-8-4-2-5-9-13)20(12-21-16)17(22-26-19(20)24)14-10-6-3-7-11-14/h2-12,15-16H,1H3/t15-,16+,20+/m0/s1. The average Bonchev–Trinajstić information content (AvgIpc) is 3.25. The maximum Gasteiger partial charge on any atom is 0.353 e. The summed E-state index contributed by atoms with van der Waals surface area (Å²) in [6.07, 6.45) is 1.49. The Morgan fingerprint density at radius 2 is 1.73 bits per heavy atom. The minimum atomic E-state index is -1.26. The van der Waals surface area contributed by atoms with Crippen LogP contribution in [0, 0.1) is 5.41 Å². The number of esters is 1. The van der Waals surface area contributed by atoms with Gasteiger partial charge in [0.1, 0.15) is 5.71 Å². The largest absolute Gasteiger partial charge is 0.467 e. The van der Waals surface area contributed by atoms with E-state index in [0.29, 0.717) is 5.71 Å². The Morgan fingerprint density at radius 1 is 1.08 bits per heavy atom. The summed E-state index contributed by atoms with van der Waals surface area (Å²) in [5.74, 6) is -1.63. The van der Waals surface area contributed by atoms with Crippen LogP contribution in [0.1, 0.15) is 17.0 Å². The normalized spacial score (nSPS) is 26.7. The Labute approximate surface area is 150 Å². The topological polar surface area (TPSA) is 77.3 Å². The maximum atomic E-state index is 12.8. The van der Waals surface area contributed by atoms with Crippen molar-refractivity contribution in [2.45, 2.75) is 12.0 Å². The molecule has 0 unspecified atom stereocenters. The first-order valence-electron chi connectivity index (χ1n) is 8.21. The van der Waals surface area contributed by atoms with Gasteiger partial charge in [0.25, 0.3) is 0 Å². The molecule has 0 N–H and O–H groups in total. The second-order valence-electron chi connectivity index (χ2n) is 6.19. The van der Waals surface area contributed by atoms with Crippen LogP contribution in [0.2, 0.25) is 0 Å². The van der Waals surface area contributed by atoms with Gasteiger partial charge in [-0.05, 0) is 5.56 Å². The summed E-state index contributed by atoms with van der Waals surface area (Å²) in [5, 5.41) is 4.04. The highest BCUT2D eigenvalue weighted by Gasteiger charge is 2.62. The summed E-state index contributed by atoms with van der Waals surface area (Å²) in [5.41, 5.74) is 0.730. The predicted octanol–water partition coefficient (Wildman–Crippen LogP) is 2.34. The molecule has 0 aromatic heterocycles. The van der Waals surface area contributed by atoms with Crippen LogP contribution in [-0.2, 0) is 19.2 Å². The molecule has 2 aromatic rings. The number of methoxy groups -OCH3 is 1. The van der Waals surface area contributed by atoms with Crippen molar-refractivity contribution in [2.75, 3.05) is 7.11 Å². The van der Waals surface area contributed by atoms with Crippen molar-refractivity contribution in [3.05, 3.63) is 71.8 Å². The lowest BCUT2D eigenvalue weighted by molar-refractivity contribution is -0.147. The Morgan fingerprint density at radius 3 is 2.38 bits per heavy atom. The first kappa shape index (κ1) is 16.2. The fourth-order valence-corrected chi connectivity index (χ4v) is 3.65. The quantitative estimate of drug-likeness (QED) is 0.630. The number of ether oxygens (including phenoxy) is 1. The molecule has 0 radical (unpaired) electrons. The lowest BCUT2D eigenvalue weighted by Crippen LogP contribution is -2.44. The molecule has 2 heterocycles. The van der Waals surface area contributed by atoms with E-state index in [-0.39, 0.29) is 0 Å². The molecule has 0 aliphatic carbocycles. The summed E-state index contributed by atoms with van der Waals surface area (Å²) in [6.45, 7) is 0. The number of hydrogen-bond donors (Lipinski definition) is 0. The van der Waals surface area contributed by atoms with Gasteiger partial charge < -0.3 is 9.57 Å². The second-order valence-corrected chi connectivity index (χ2v) is 6.19. The third kappa shape index (κ3) is 2.26. The Bertz CT molecular complexity index is 908. The summed E-state index contributed by atoms with van der Waals surface area (Å²) in [7, 11) is 1.31. The molecule has 4 rings (SSSR count). The number of carbonyl (C=O) groups excluding carboxylic acids is 2. The van der Waals surface area contributed by atoms with Crippen molar-refractivity contribution >= 4 is 23.9 Å². The van der Waals surface area contributed by atoms with Gasteiger partial charge in [-0.3, -0.25) is 4.99 Å². The van der Waals surface area contributed by atoms with Gasteiger partial charge in [0.05, 0.1) is 7.11 Å². The predicted molar refractivity (Wildman–Crippen MR) is 95.0 cm³/mol. The minimum Gasteiger partial charge on any atom is -0.467 e. The van der Waals surface area contributed by atoms with Gasteiger partial charge in [-0.1, -0.05) is 65.8 Å². The van der Waals surface area contributed by atoms with Crippen molar-refractivity contribution in [3.63, 3.8) is 0 Å². The zero-order valence-corrected chi connectivity index (χ0v) is 14.0. The summed E-state index contributed by atoms with van der Waals surface area (Å²) < 4.78 is 4.92. The van der Waals surface area contributed by atoms with Crippen LogP contribution in [0.25, 0.3) is 0 Å². The Kier molecular flexibility index (Phi) is 3.88. The van der Waals surface area contributed by atoms with Crippen LogP contribution in [-0.4, -0.2) is 37.0 Å². The van der Waals surface area contributed by atoms with E-state index in [1.54, 1.807) is 0 Å². The van der Waals surface area contributed by atoms with E-state index in [9.17, 15) is 9.59 Å². The molecule has 0 saturated carbocycles. The number of rotatable bonds is 3. The van der Waals surface area contributed by atoms with E-state index in [2.05, 4.69) is 10.1 Å². The van der Waals surface area contributed by atoms with Crippen LogP contribution in [0.4, 0.5) is 0 Å². The molecule has 1 spiro atoms. The molecule has 2 aliphatic heterocycles. The van der Waals surface area contributed by atoms with Crippen molar-refractivity contribution in [1.82, 2.24) is 0 Å². The smallest absolute Gasteiger partial charge is 0.353 e. The van der Waals surface area contributed by atoms with Crippen LogP contribution >= 0.6 is 0 Å². The average molecular weight is 348 g/mol. The summed E-state index contributed by atoms with van der Waals surface area (Å²) >= 11 is 0. The fraction of sp³-hybridized carbons (Fsp3) is 0.200. The number of oxime groups is 1. The first-order chi connectivity index (χ1) is 12.7. The van der Waals surface area contributed by atoms with Crippen molar-refractivity contribution in [3.8, 4) is 0 Å². The van der Waals surface area contributed by atoms with Gasteiger partial charge in [0, 0.05) is 17.7 Å². The molecule has 26 heavy (non-hydrogen) atoms. The Balaban J connectivity index is 1.90.